The smallest absolute Gasteiger partial charge is 0.245 e. The standard InChI is InChI=1S/C12H25N5O2S/c1-13-6-9-17-11-12(10-14-17)20(18,19)16(4)8-5-7-15(2)3/h10-11,13H,5-9H2,1-4H3. The lowest BCUT2D eigenvalue weighted by molar-refractivity contribution is 0.370. The molecule has 116 valence electrons. The molecule has 0 saturated heterocycles. The third-order valence-corrected chi connectivity index (χ3v) is 4.80. The van der Waals surface area contributed by atoms with E-state index < -0.39 is 10.0 Å². The SMILES string of the molecule is CNCCn1cc(S(=O)(=O)N(C)CCCN(C)C)cn1. The largest absolute Gasteiger partial charge is 0.318 e. The molecule has 0 radical (unpaired) electrons. The van der Waals surface area contributed by atoms with E-state index in [9.17, 15) is 8.42 Å². The van der Waals surface area contributed by atoms with E-state index in [-0.39, 0.29) is 4.90 Å². The predicted molar refractivity (Wildman–Crippen MR) is 79.1 cm³/mol. The summed E-state index contributed by atoms with van der Waals surface area (Å²) >= 11 is 0. The number of sulfonamides is 1. The highest BCUT2D eigenvalue weighted by atomic mass is 32.2. The zero-order valence-electron chi connectivity index (χ0n) is 12.7. The van der Waals surface area contributed by atoms with Crippen molar-refractivity contribution in [3.8, 4) is 0 Å². The van der Waals surface area contributed by atoms with Crippen LogP contribution in [0.3, 0.4) is 0 Å². The van der Waals surface area contributed by atoms with Crippen molar-refractivity contribution in [2.45, 2.75) is 17.9 Å². The van der Waals surface area contributed by atoms with Gasteiger partial charge in [0, 0.05) is 26.3 Å². The van der Waals surface area contributed by atoms with Gasteiger partial charge in [-0.2, -0.15) is 5.10 Å². The summed E-state index contributed by atoms with van der Waals surface area (Å²) in [5.74, 6) is 0. The Balaban J connectivity index is 2.64. The van der Waals surface area contributed by atoms with Crippen LogP contribution in [-0.4, -0.2) is 75.2 Å². The fraction of sp³-hybridized carbons (Fsp3) is 0.750. The molecule has 0 aromatic carbocycles. The van der Waals surface area contributed by atoms with Crippen LogP contribution in [0.25, 0.3) is 0 Å². The van der Waals surface area contributed by atoms with Gasteiger partial charge in [-0.1, -0.05) is 0 Å². The first-order valence-corrected chi connectivity index (χ1v) is 8.10. The Labute approximate surface area is 121 Å². The third-order valence-electron chi connectivity index (χ3n) is 2.99. The zero-order valence-corrected chi connectivity index (χ0v) is 13.5. The fourth-order valence-electron chi connectivity index (χ4n) is 1.74. The second kappa shape index (κ2) is 7.72. The molecule has 0 fully saturated rings. The molecule has 0 spiro atoms. The fourth-order valence-corrected chi connectivity index (χ4v) is 2.90. The quantitative estimate of drug-likeness (QED) is 0.677. The van der Waals surface area contributed by atoms with Crippen molar-refractivity contribution < 1.29 is 8.42 Å². The first-order valence-electron chi connectivity index (χ1n) is 6.66. The normalized spacial score (nSPS) is 12.5. The van der Waals surface area contributed by atoms with Crippen LogP contribution in [0.15, 0.2) is 17.3 Å². The van der Waals surface area contributed by atoms with Gasteiger partial charge in [-0.05, 0) is 34.1 Å². The molecule has 1 N–H and O–H groups in total. The minimum absolute atomic E-state index is 0.251. The van der Waals surface area contributed by atoms with Gasteiger partial charge in [0.25, 0.3) is 0 Å². The van der Waals surface area contributed by atoms with Crippen molar-refractivity contribution in [1.29, 1.82) is 0 Å². The average molecular weight is 303 g/mol. The summed E-state index contributed by atoms with van der Waals surface area (Å²) < 4.78 is 27.7. The number of likely N-dealkylation sites (N-methyl/N-ethyl adjacent to an activating group) is 1. The van der Waals surface area contributed by atoms with E-state index in [2.05, 4.69) is 10.4 Å². The van der Waals surface area contributed by atoms with E-state index in [0.717, 1.165) is 19.5 Å². The lowest BCUT2D eigenvalue weighted by atomic mass is 10.4. The molecule has 0 aliphatic rings. The number of hydrogen-bond donors (Lipinski definition) is 1. The number of aromatic nitrogens is 2. The second-order valence-electron chi connectivity index (χ2n) is 5.03. The Morgan fingerprint density at radius 3 is 2.60 bits per heavy atom. The molecule has 0 atom stereocenters. The van der Waals surface area contributed by atoms with Crippen LogP contribution < -0.4 is 5.32 Å². The van der Waals surface area contributed by atoms with E-state index in [1.165, 1.54) is 10.5 Å². The highest BCUT2D eigenvalue weighted by Crippen LogP contribution is 2.13. The molecule has 0 aliphatic heterocycles. The molecule has 8 heteroatoms. The zero-order chi connectivity index (χ0) is 15.2. The Morgan fingerprint density at radius 2 is 2.00 bits per heavy atom. The van der Waals surface area contributed by atoms with Gasteiger partial charge in [0.15, 0.2) is 0 Å². The Bertz CT molecular complexity index is 498. The van der Waals surface area contributed by atoms with Gasteiger partial charge >= 0.3 is 0 Å². The minimum Gasteiger partial charge on any atom is -0.318 e. The lowest BCUT2D eigenvalue weighted by Crippen LogP contribution is -2.29. The molecule has 0 bridgehead atoms. The summed E-state index contributed by atoms with van der Waals surface area (Å²) in [6, 6.07) is 0. The summed E-state index contributed by atoms with van der Waals surface area (Å²) in [5.41, 5.74) is 0. The topological polar surface area (TPSA) is 70.5 Å². The highest BCUT2D eigenvalue weighted by molar-refractivity contribution is 7.89. The summed E-state index contributed by atoms with van der Waals surface area (Å²) in [6.07, 6.45) is 3.79. The van der Waals surface area contributed by atoms with Crippen LogP contribution >= 0.6 is 0 Å². The predicted octanol–water partition coefficient (Wildman–Crippen LogP) is -0.325. The maximum Gasteiger partial charge on any atom is 0.245 e. The van der Waals surface area contributed by atoms with Gasteiger partial charge < -0.3 is 10.2 Å². The molecule has 20 heavy (non-hydrogen) atoms. The summed E-state index contributed by atoms with van der Waals surface area (Å²) in [6.45, 7) is 2.76. The second-order valence-corrected chi connectivity index (χ2v) is 7.07. The van der Waals surface area contributed by atoms with Gasteiger partial charge in [0.2, 0.25) is 10.0 Å². The minimum atomic E-state index is -3.43. The molecular weight excluding hydrogens is 278 g/mol. The number of hydrogen-bond acceptors (Lipinski definition) is 5. The molecule has 0 amide bonds. The van der Waals surface area contributed by atoms with Crippen LogP contribution in [0.2, 0.25) is 0 Å². The van der Waals surface area contributed by atoms with E-state index in [1.54, 1.807) is 17.9 Å². The maximum atomic E-state index is 12.3. The van der Waals surface area contributed by atoms with Gasteiger partial charge in [-0.25, -0.2) is 12.7 Å². The molecule has 7 nitrogen and oxygen atoms in total. The summed E-state index contributed by atoms with van der Waals surface area (Å²) in [5, 5.41) is 7.07. The molecule has 1 aromatic heterocycles. The van der Waals surface area contributed by atoms with Gasteiger partial charge in [-0.15, -0.1) is 0 Å². The number of nitrogens with one attached hydrogen (secondary N) is 1. The van der Waals surface area contributed by atoms with Crippen LogP contribution in [-0.2, 0) is 16.6 Å². The van der Waals surface area contributed by atoms with Gasteiger partial charge in [-0.3, -0.25) is 4.68 Å². The van der Waals surface area contributed by atoms with E-state index in [1.807, 2.05) is 26.0 Å². The van der Waals surface area contributed by atoms with E-state index in [0.29, 0.717) is 13.1 Å². The molecule has 1 heterocycles. The molecule has 1 aromatic rings. The Morgan fingerprint density at radius 1 is 1.30 bits per heavy atom. The van der Waals surface area contributed by atoms with Crippen LogP contribution in [0.4, 0.5) is 0 Å². The molecule has 1 rings (SSSR count). The van der Waals surface area contributed by atoms with Crippen molar-refractivity contribution in [3.05, 3.63) is 12.4 Å². The van der Waals surface area contributed by atoms with E-state index in [4.69, 9.17) is 0 Å². The van der Waals surface area contributed by atoms with E-state index >= 15 is 0 Å². The summed E-state index contributed by atoms with van der Waals surface area (Å²) in [7, 11) is 3.97. The van der Waals surface area contributed by atoms with Gasteiger partial charge in [0.1, 0.15) is 4.90 Å². The van der Waals surface area contributed by atoms with Crippen molar-refractivity contribution in [1.82, 2.24) is 24.3 Å². The van der Waals surface area contributed by atoms with Crippen LogP contribution in [0.1, 0.15) is 6.42 Å². The average Bonchev–Trinajstić information content (AvgIpc) is 2.85. The monoisotopic (exact) mass is 303 g/mol. The Hall–Kier alpha value is -0.960. The van der Waals surface area contributed by atoms with Crippen molar-refractivity contribution in [2.24, 2.45) is 0 Å². The first-order chi connectivity index (χ1) is 9.37. The summed E-state index contributed by atoms with van der Waals surface area (Å²) in [4.78, 5) is 2.29. The lowest BCUT2D eigenvalue weighted by Gasteiger charge is -2.17. The highest BCUT2D eigenvalue weighted by Gasteiger charge is 2.22. The number of rotatable bonds is 9. The van der Waals surface area contributed by atoms with Crippen LogP contribution in [0, 0.1) is 0 Å². The number of nitrogens with zero attached hydrogens (tertiary/aromatic N) is 4. The van der Waals surface area contributed by atoms with Crippen molar-refractivity contribution in [3.63, 3.8) is 0 Å². The first kappa shape index (κ1) is 17.1. The molecule has 0 saturated carbocycles. The third kappa shape index (κ3) is 4.86. The maximum absolute atomic E-state index is 12.3. The molecule has 0 aliphatic carbocycles. The van der Waals surface area contributed by atoms with Crippen molar-refractivity contribution >= 4 is 10.0 Å². The van der Waals surface area contributed by atoms with Gasteiger partial charge in [0.05, 0.1) is 12.7 Å². The molecule has 0 unspecified atom stereocenters. The van der Waals surface area contributed by atoms with Crippen molar-refractivity contribution in [2.75, 3.05) is 47.8 Å². The van der Waals surface area contributed by atoms with Crippen LogP contribution in [0.5, 0.6) is 0 Å². The molecular formula is C12H25N5O2S. The Kier molecular flexibility index (Phi) is 6.60.